The fourth-order valence-electron chi connectivity index (χ4n) is 4.52. The highest BCUT2D eigenvalue weighted by Gasteiger charge is 2.28. The highest BCUT2D eigenvalue weighted by molar-refractivity contribution is 7.93. The van der Waals surface area contributed by atoms with Crippen molar-refractivity contribution in [1.29, 1.82) is 0 Å². The van der Waals surface area contributed by atoms with Gasteiger partial charge in [0.15, 0.2) is 0 Å². The summed E-state index contributed by atoms with van der Waals surface area (Å²) in [5.74, 6) is 0.409. The van der Waals surface area contributed by atoms with Gasteiger partial charge < -0.3 is 15.7 Å². The third kappa shape index (κ3) is 6.25. The van der Waals surface area contributed by atoms with E-state index in [1.165, 1.54) is 49.6 Å². The topological polar surface area (TPSA) is 98.7 Å². The molecule has 36 heavy (non-hydrogen) atoms. The van der Waals surface area contributed by atoms with Crippen molar-refractivity contribution in [3.8, 4) is 5.75 Å². The maximum atomic E-state index is 13.7. The zero-order chi connectivity index (χ0) is 25.4. The van der Waals surface area contributed by atoms with Crippen LogP contribution >= 0.6 is 0 Å². The van der Waals surface area contributed by atoms with Crippen LogP contribution < -0.4 is 14.9 Å². The summed E-state index contributed by atoms with van der Waals surface area (Å²) in [4.78, 5) is 12.6. The molecule has 1 saturated heterocycles. The molecule has 1 heterocycles. The number of hydrogen-bond acceptors (Lipinski definition) is 5. The summed E-state index contributed by atoms with van der Waals surface area (Å²) in [6.07, 6.45) is 5.66. The average molecular weight is 508 g/mol. The fourth-order valence-corrected chi connectivity index (χ4v) is 6.03. The van der Waals surface area contributed by atoms with E-state index in [0.717, 1.165) is 36.2 Å². The molecule has 0 aliphatic carbocycles. The van der Waals surface area contributed by atoms with E-state index < -0.39 is 10.0 Å². The Bertz CT molecular complexity index is 1240. The number of rotatable bonds is 10. The number of phenols is 1. The number of anilines is 2. The molecule has 1 fully saturated rings. The second-order valence-electron chi connectivity index (χ2n) is 9.06. The molecular formula is C28H33N3O4S. The van der Waals surface area contributed by atoms with Crippen LogP contribution in [0.1, 0.15) is 42.5 Å². The van der Waals surface area contributed by atoms with Gasteiger partial charge in [-0.15, -0.1) is 0 Å². The third-order valence-electron chi connectivity index (χ3n) is 6.53. The fraction of sp³-hybridized carbons (Fsp3) is 0.321. The number of nitrogens with zero attached hydrogens (tertiary/aromatic N) is 1. The van der Waals surface area contributed by atoms with Crippen LogP contribution in [0.5, 0.6) is 5.75 Å². The first-order chi connectivity index (χ1) is 17.5. The Morgan fingerprint density at radius 3 is 2.28 bits per heavy atom. The zero-order valence-electron chi connectivity index (χ0n) is 20.3. The predicted molar refractivity (Wildman–Crippen MR) is 142 cm³/mol. The minimum absolute atomic E-state index is 0.0214. The standard InChI is InChI=1S/C28H33N3O4S/c32-27-12-5-4-11-26(27)31(24-9-2-1-3-10-24)36(34,35)25-15-13-23(14-16-25)28(33)30-19-7-6-8-22-17-20-29-21-18-22/h1-5,9-16,22,29,32H,6-8,17-21H2,(H,30,33). The van der Waals surface area contributed by atoms with Crippen LogP contribution in [0.25, 0.3) is 0 Å². The minimum Gasteiger partial charge on any atom is -0.506 e. The highest BCUT2D eigenvalue weighted by Crippen LogP contribution is 2.37. The number of phenolic OH excluding ortho intramolecular Hbond substituents is 1. The number of benzene rings is 3. The lowest BCUT2D eigenvalue weighted by molar-refractivity contribution is 0.0952. The Morgan fingerprint density at radius 1 is 0.917 bits per heavy atom. The average Bonchev–Trinajstić information content (AvgIpc) is 2.91. The summed E-state index contributed by atoms with van der Waals surface area (Å²) >= 11 is 0. The van der Waals surface area contributed by atoms with Crippen molar-refractivity contribution >= 4 is 27.3 Å². The SMILES string of the molecule is O=C(NCCCCC1CCNCC1)c1ccc(S(=O)(=O)N(c2ccccc2)c2ccccc2O)cc1. The lowest BCUT2D eigenvalue weighted by atomic mass is 9.92. The summed E-state index contributed by atoms with van der Waals surface area (Å²) in [5, 5.41) is 16.7. The number of hydrogen-bond donors (Lipinski definition) is 3. The summed E-state index contributed by atoms with van der Waals surface area (Å²) in [7, 11) is -4.07. The van der Waals surface area contributed by atoms with E-state index in [9.17, 15) is 18.3 Å². The van der Waals surface area contributed by atoms with E-state index in [0.29, 0.717) is 17.8 Å². The van der Waals surface area contributed by atoms with Crippen LogP contribution in [-0.4, -0.2) is 39.1 Å². The molecule has 0 aromatic heterocycles. The molecule has 7 nitrogen and oxygen atoms in total. The maximum absolute atomic E-state index is 13.7. The number of aromatic hydroxyl groups is 1. The van der Waals surface area contributed by atoms with Crippen LogP contribution in [0.4, 0.5) is 11.4 Å². The van der Waals surface area contributed by atoms with Gasteiger partial charge in [-0.25, -0.2) is 12.7 Å². The van der Waals surface area contributed by atoms with Crippen molar-refractivity contribution in [2.75, 3.05) is 23.9 Å². The molecular weight excluding hydrogens is 474 g/mol. The monoisotopic (exact) mass is 507 g/mol. The van der Waals surface area contributed by atoms with Gasteiger partial charge in [-0.1, -0.05) is 43.2 Å². The normalized spacial score (nSPS) is 14.3. The van der Waals surface area contributed by atoms with Crippen LogP contribution in [0.2, 0.25) is 0 Å². The first kappa shape index (κ1) is 25.7. The number of sulfonamides is 1. The summed E-state index contributed by atoms with van der Waals surface area (Å²) in [6.45, 7) is 2.80. The number of para-hydroxylation sites is 3. The van der Waals surface area contributed by atoms with Gasteiger partial charge in [0.1, 0.15) is 5.75 Å². The number of nitrogens with one attached hydrogen (secondary N) is 2. The molecule has 3 aromatic carbocycles. The summed E-state index contributed by atoms with van der Waals surface area (Å²) in [5.41, 5.74) is 0.946. The minimum atomic E-state index is -4.07. The van der Waals surface area contributed by atoms with Crippen LogP contribution in [0, 0.1) is 5.92 Å². The Labute approximate surface area is 213 Å². The van der Waals surface area contributed by atoms with Gasteiger partial charge in [-0.2, -0.15) is 0 Å². The molecule has 1 aliphatic rings. The molecule has 3 aromatic rings. The molecule has 1 amide bonds. The van der Waals surface area contributed by atoms with Crippen molar-refractivity contribution < 1.29 is 18.3 Å². The van der Waals surface area contributed by atoms with E-state index in [-0.39, 0.29) is 22.2 Å². The van der Waals surface area contributed by atoms with E-state index in [4.69, 9.17) is 0 Å². The molecule has 4 rings (SSSR count). The third-order valence-corrected chi connectivity index (χ3v) is 8.29. The number of carbonyl (C=O) groups is 1. The molecule has 190 valence electrons. The first-order valence-corrected chi connectivity index (χ1v) is 13.9. The Kier molecular flexibility index (Phi) is 8.61. The molecule has 0 radical (unpaired) electrons. The van der Waals surface area contributed by atoms with Gasteiger partial charge in [0.25, 0.3) is 15.9 Å². The van der Waals surface area contributed by atoms with Crippen molar-refractivity contribution in [2.24, 2.45) is 5.92 Å². The van der Waals surface area contributed by atoms with Crippen molar-refractivity contribution in [1.82, 2.24) is 10.6 Å². The van der Waals surface area contributed by atoms with E-state index in [1.54, 1.807) is 48.5 Å². The number of unbranched alkanes of at least 4 members (excludes halogenated alkanes) is 1. The molecule has 0 atom stereocenters. The highest BCUT2D eigenvalue weighted by atomic mass is 32.2. The second kappa shape index (κ2) is 12.1. The van der Waals surface area contributed by atoms with E-state index >= 15 is 0 Å². The van der Waals surface area contributed by atoms with Gasteiger partial charge in [-0.3, -0.25) is 4.79 Å². The van der Waals surface area contributed by atoms with Gasteiger partial charge in [0.05, 0.1) is 16.3 Å². The molecule has 0 unspecified atom stereocenters. The molecule has 3 N–H and O–H groups in total. The van der Waals surface area contributed by atoms with Crippen LogP contribution in [0.3, 0.4) is 0 Å². The second-order valence-corrected chi connectivity index (χ2v) is 10.8. The quantitative estimate of drug-likeness (QED) is 0.342. The number of carbonyl (C=O) groups excluding carboxylic acids is 1. The smallest absolute Gasteiger partial charge is 0.268 e. The molecule has 0 bridgehead atoms. The summed E-state index contributed by atoms with van der Waals surface area (Å²) in [6, 6.07) is 20.8. The largest absolute Gasteiger partial charge is 0.506 e. The summed E-state index contributed by atoms with van der Waals surface area (Å²) < 4.78 is 28.4. The first-order valence-electron chi connectivity index (χ1n) is 12.4. The Balaban J connectivity index is 1.42. The van der Waals surface area contributed by atoms with Gasteiger partial charge in [-0.05, 0) is 86.8 Å². The molecule has 0 spiro atoms. The number of piperidine rings is 1. The Morgan fingerprint density at radius 2 is 1.58 bits per heavy atom. The maximum Gasteiger partial charge on any atom is 0.268 e. The van der Waals surface area contributed by atoms with Crippen molar-refractivity contribution in [2.45, 2.75) is 37.0 Å². The predicted octanol–water partition coefficient (Wildman–Crippen LogP) is 4.82. The molecule has 0 saturated carbocycles. The van der Waals surface area contributed by atoms with Crippen LogP contribution in [0.15, 0.2) is 83.8 Å². The van der Waals surface area contributed by atoms with Gasteiger partial charge in [0, 0.05) is 12.1 Å². The van der Waals surface area contributed by atoms with E-state index in [1.807, 2.05) is 0 Å². The van der Waals surface area contributed by atoms with Crippen molar-refractivity contribution in [3.63, 3.8) is 0 Å². The van der Waals surface area contributed by atoms with Crippen LogP contribution in [-0.2, 0) is 10.0 Å². The van der Waals surface area contributed by atoms with E-state index in [2.05, 4.69) is 10.6 Å². The lowest BCUT2D eigenvalue weighted by Gasteiger charge is -2.25. The zero-order valence-corrected chi connectivity index (χ0v) is 21.1. The molecule has 1 aliphatic heterocycles. The molecule has 8 heteroatoms. The Hall–Kier alpha value is -3.36. The lowest BCUT2D eigenvalue weighted by Crippen LogP contribution is -2.28. The van der Waals surface area contributed by atoms with Gasteiger partial charge in [0.2, 0.25) is 0 Å². The van der Waals surface area contributed by atoms with Gasteiger partial charge >= 0.3 is 0 Å². The van der Waals surface area contributed by atoms with Crippen molar-refractivity contribution in [3.05, 3.63) is 84.4 Å². The number of amides is 1.